The zero-order valence-corrected chi connectivity index (χ0v) is 38.6. The van der Waals surface area contributed by atoms with E-state index in [0.717, 1.165) is 0 Å². The van der Waals surface area contributed by atoms with Crippen molar-refractivity contribution in [3.8, 4) is 45.0 Å². The maximum Gasteiger partial charge on any atom is 0.420 e. The number of nitrogens with zero attached hydrogens (tertiary/aromatic N) is 3. The van der Waals surface area contributed by atoms with Crippen molar-refractivity contribution in [2.75, 3.05) is 0 Å². The molecule has 384 valence electrons. The van der Waals surface area contributed by atoms with E-state index in [1.54, 1.807) is 72.8 Å². The fourth-order valence-corrected chi connectivity index (χ4v) is 10.1. The number of fused-ring (bicyclic) bond motifs is 6. The summed E-state index contributed by atoms with van der Waals surface area (Å²) in [7, 11) is 0. The van der Waals surface area contributed by atoms with Crippen LogP contribution >= 0.6 is 0 Å². The molecule has 0 radical (unpaired) electrons. The third-order valence-electron chi connectivity index (χ3n) is 13.5. The van der Waals surface area contributed by atoms with Gasteiger partial charge in [0.1, 0.15) is 5.56 Å². The molecule has 0 amide bonds. The molecule has 0 spiro atoms. The van der Waals surface area contributed by atoms with Crippen LogP contribution in [0.3, 0.4) is 0 Å². The Morgan fingerprint density at radius 2 is 1.05 bits per heavy atom. The number of benzene rings is 6. The first-order valence-electron chi connectivity index (χ1n) is 23.0. The maximum absolute atomic E-state index is 16.8. The van der Waals surface area contributed by atoms with E-state index in [0.29, 0.717) is 45.8 Å². The molecule has 76 heavy (non-hydrogen) atoms. The van der Waals surface area contributed by atoms with Crippen LogP contribution in [0.2, 0.25) is 0 Å². The van der Waals surface area contributed by atoms with Crippen molar-refractivity contribution in [2.24, 2.45) is 0 Å². The second-order valence-electron chi connectivity index (χ2n) is 18.2. The Kier molecular flexibility index (Phi) is 11.6. The molecule has 0 aliphatic heterocycles. The van der Waals surface area contributed by atoms with Crippen molar-refractivity contribution in [1.29, 1.82) is 0 Å². The van der Waals surface area contributed by atoms with Crippen LogP contribution in [0.25, 0.3) is 89.4 Å². The molecule has 3 nitrogen and oxygen atoms in total. The number of hydrogen-bond donors (Lipinski definition) is 0. The van der Waals surface area contributed by atoms with E-state index >= 15 is 13.2 Å². The van der Waals surface area contributed by atoms with E-state index in [1.165, 1.54) is 75.9 Å². The number of rotatable bonds is 5. The van der Waals surface area contributed by atoms with E-state index in [1.807, 2.05) is 0 Å². The molecular weight excluding hydrogens is 1020 g/mol. The molecular formula is C58H32F15N3. The van der Waals surface area contributed by atoms with Crippen molar-refractivity contribution in [3.05, 3.63) is 208 Å². The molecule has 0 saturated carbocycles. The summed E-state index contributed by atoms with van der Waals surface area (Å²) >= 11 is 0. The number of alkyl halides is 15. The van der Waals surface area contributed by atoms with Gasteiger partial charge in [0.05, 0.1) is 61.4 Å². The van der Waals surface area contributed by atoms with Crippen molar-refractivity contribution in [3.63, 3.8) is 0 Å². The van der Waals surface area contributed by atoms with Crippen molar-refractivity contribution >= 4 is 44.4 Å². The first kappa shape index (κ1) is 49.9. The summed E-state index contributed by atoms with van der Waals surface area (Å²) < 4.78 is 223. The first-order valence-corrected chi connectivity index (χ1v) is 23.0. The minimum Gasteiger partial charge on any atom is -0.309 e. The first-order chi connectivity index (χ1) is 35.8. The van der Waals surface area contributed by atoms with Gasteiger partial charge in [-0.25, -0.2) is 4.98 Å². The van der Waals surface area contributed by atoms with Crippen molar-refractivity contribution in [1.82, 2.24) is 14.1 Å². The normalized spacial score (nSPS) is 15.3. The monoisotopic (exact) mass is 1060 g/mol. The topological polar surface area (TPSA) is 22.8 Å². The number of aromatic nitrogens is 3. The van der Waals surface area contributed by atoms with E-state index < -0.39 is 87.7 Å². The summed E-state index contributed by atoms with van der Waals surface area (Å²) in [5.74, 6) is 0. The number of hydrogen-bond acceptors (Lipinski definition) is 1. The highest BCUT2D eigenvalue weighted by Gasteiger charge is 2.43. The third kappa shape index (κ3) is 8.92. The van der Waals surface area contributed by atoms with Crippen LogP contribution in [0.5, 0.6) is 0 Å². The highest BCUT2D eigenvalue weighted by atomic mass is 19.4. The maximum atomic E-state index is 16.8. The molecule has 6 aromatic carbocycles. The van der Waals surface area contributed by atoms with Crippen LogP contribution in [0, 0.1) is 0 Å². The predicted molar refractivity (Wildman–Crippen MR) is 260 cm³/mol. The minimum atomic E-state index is -5.32. The van der Waals surface area contributed by atoms with Gasteiger partial charge in [0.25, 0.3) is 0 Å². The lowest BCUT2D eigenvalue weighted by Gasteiger charge is -2.23. The van der Waals surface area contributed by atoms with Crippen LogP contribution in [0.15, 0.2) is 175 Å². The van der Waals surface area contributed by atoms with Gasteiger partial charge in [-0.3, -0.25) is 0 Å². The average Bonchev–Trinajstić information content (AvgIpc) is 4.02. The Bertz CT molecular complexity index is 4050. The Labute approximate surface area is 419 Å². The Hall–Kier alpha value is -8.28. The molecule has 18 heteroatoms. The summed E-state index contributed by atoms with van der Waals surface area (Å²) in [6.07, 6.45) is -21.6. The predicted octanol–water partition coefficient (Wildman–Crippen LogP) is 16.6. The SMILES string of the molecule is FC(F)(F)C1=CC(=c2ccc3c4c(n(-c5cc(-c6cccc(-c7ccccc7)n6)cc(-n6c7ccccc7c7ccc(-c8cc(C(F)(F)F)cc(C(F)(F)F)c8)cc76)c5C(F)(F)F)c3c2)=CC=CC4)CC(C(F)(F)F)=C1. The lowest BCUT2D eigenvalue weighted by Crippen LogP contribution is -2.24. The molecule has 0 fully saturated rings. The van der Waals surface area contributed by atoms with E-state index in [9.17, 15) is 52.7 Å². The van der Waals surface area contributed by atoms with E-state index in [-0.39, 0.29) is 67.9 Å². The molecule has 2 aliphatic carbocycles. The fraction of sp³-hybridized carbons (Fsp3) is 0.121. The van der Waals surface area contributed by atoms with Crippen LogP contribution in [-0.2, 0) is 24.9 Å². The summed E-state index contributed by atoms with van der Waals surface area (Å²) in [4.78, 5) is 4.86. The van der Waals surface area contributed by atoms with Crippen molar-refractivity contribution in [2.45, 2.75) is 43.7 Å². The number of para-hydroxylation sites is 1. The zero-order valence-electron chi connectivity index (χ0n) is 38.6. The van der Waals surface area contributed by atoms with E-state index in [2.05, 4.69) is 0 Å². The molecule has 11 rings (SSSR count). The van der Waals surface area contributed by atoms with Crippen LogP contribution in [0.4, 0.5) is 65.9 Å². The molecule has 0 unspecified atom stereocenters. The highest BCUT2D eigenvalue weighted by Crippen LogP contribution is 2.47. The van der Waals surface area contributed by atoms with Crippen molar-refractivity contribution < 1.29 is 65.9 Å². The molecule has 0 saturated heterocycles. The zero-order chi connectivity index (χ0) is 53.9. The molecule has 3 aromatic heterocycles. The van der Waals surface area contributed by atoms with E-state index in [4.69, 9.17) is 4.98 Å². The van der Waals surface area contributed by atoms with Gasteiger partial charge in [-0.15, -0.1) is 0 Å². The number of allylic oxidation sites excluding steroid dienone is 6. The molecule has 2 aliphatic rings. The van der Waals surface area contributed by atoms with Crippen LogP contribution < -0.4 is 10.6 Å². The number of halogens is 15. The second kappa shape index (κ2) is 17.7. The van der Waals surface area contributed by atoms with Gasteiger partial charge in [-0.05, 0) is 113 Å². The molecule has 3 heterocycles. The quantitative estimate of drug-likeness (QED) is 0.158. The van der Waals surface area contributed by atoms with Gasteiger partial charge in [-0.1, -0.05) is 91.0 Å². The van der Waals surface area contributed by atoms with Gasteiger partial charge < -0.3 is 9.13 Å². The Balaban J connectivity index is 1.27. The summed E-state index contributed by atoms with van der Waals surface area (Å²) in [6, 6.07) is 31.1. The molecule has 9 aromatic rings. The van der Waals surface area contributed by atoms with Gasteiger partial charge in [0.15, 0.2) is 0 Å². The van der Waals surface area contributed by atoms with Gasteiger partial charge in [0.2, 0.25) is 0 Å². The summed E-state index contributed by atoms with van der Waals surface area (Å²) in [5.41, 5.74) is -8.11. The van der Waals surface area contributed by atoms with Gasteiger partial charge in [-0.2, -0.15) is 65.9 Å². The van der Waals surface area contributed by atoms with Crippen LogP contribution in [-0.4, -0.2) is 26.5 Å². The fourth-order valence-electron chi connectivity index (χ4n) is 10.1. The second-order valence-corrected chi connectivity index (χ2v) is 18.2. The van der Waals surface area contributed by atoms with Crippen LogP contribution in [0.1, 0.15) is 28.7 Å². The molecule has 0 bridgehead atoms. The minimum absolute atomic E-state index is 0.0184. The third-order valence-corrected chi connectivity index (χ3v) is 13.5. The van der Waals surface area contributed by atoms with Gasteiger partial charge in [0, 0.05) is 39.3 Å². The lowest BCUT2D eigenvalue weighted by molar-refractivity contribution is -0.143. The largest absolute Gasteiger partial charge is 0.420 e. The summed E-state index contributed by atoms with van der Waals surface area (Å²) in [5, 5.41) is 0.991. The number of pyridine rings is 1. The highest BCUT2D eigenvalue weighted by molar-refractivity contribution is 6.10. The molecule has 0 N–H and O–H groups in total. The lowest BCUT2D eigenvalue weighted by atomic mass is 9.92. The Morgan fingerprint density at radius 3 is 1.71 bits per heavy atom. The summed E-state index contributed by atoms with van der Waals surface area (Å²) in [6.45, 7) is 0. The average molecular weight is 1060 g/mol. The standard InChI is InChI=1S/C58H32F15N3/c59-54(60,61)37-21-34(22-38(29-37)55(62,63)64)32-17-19-43-41-11-4-6-15-47(41)75(49(43)25-32)51-27-36(46-14-8-13-45(74-46)31-9-2-1-3-10-31)28-52(53(51)58(71,72)73)76-48-16-7-5-12-42(48)44-20-18-33(26-50(44)76)35-23-39(56(65,66)67)30-40(24-35)57(68,69)70/h1-11,13-23,25-30H,12,24H2. The smallest absolute Gasteiger partial charge is 0.309 e. The molecule has 0 atom stereocenters. The Morgan fingerprint density at radius 1 is 0.434 bits per heavy atom. The van der Waals surface area contributed by atoms with Gasteiger partial charge >= 0.3 is 30.9 Å².